The summed E-state index contributed by atoms with van der Waals surface area (Å²) < 4.78 is 18.3. The highest BCUT2D eigenvalue weighted by Gasteiger charge is 2.18. The Balaban J connectivity index is 3.39. The average Bonchev–Trinajstić information content (AvgIpc) is 1.59. The minimum atomic E-state index is -2.12. The molecule has 0 rings (SSSR count). The number of alkyl halides is 3. The third-order valence-electron chi connectivity index (χ3n) is 0.552. The van der Waals surface area contributed by atoms with Gasteiger partial charge in [0.05, 0.1) is 0 Å². The maximum absolute atomic E-state index is 9.87. The first-order valence-electron chi connectivity index (χ1n) is 2.04. The minimum Gasteiger partial charge on any atom is -0.772 e. The van der Waals surface area contributed by atoms with E-state index in [1.54, 1.807) is 0 Å². The molecule has 0 N–H and O–H groups in total. The molecule has 0 aromatic rings. The van der Waals surface area contributed by atoms with Gasteiger partial charge < -0.3 is 4.55 Å². The van der Waals surface area contributed by atoms with Crippen LogP contribution in [0.25, 0.3) is 0 Å². The van der Waals surface area contributed by atoms with Crippen LogP contribution in [0.2, 0.25) is 0 Å². The molecule has 0 saturated heterocycles. The van der Waals surface area contributed by atoms with E-state index in [-0.39, 0.29) is 12.2 Å². The maximum Gasteiger partial charge on any atom is 0.191 e. The second kappa shape index (κ2) is 3.98. The molecular formula is C3H4Cl3O2S-. The number of hydrogen-bond donors (Lipinski definition) is 0. The Labute approximate surface area is 70.8 Å². The molecule has 0 radical (unpaired) electrons. The van der Waals surface area contributed by atoms with E-state index in [0.717, 1.165) is 0 Å². The number of rotatable bonds is 2. The van der Waals surface area contributed by atoms with Crippen molar-refractivity contribution < 1.29 is 8.76 Å². The molecule has 0 fully saturated rings. The third-order valence-corrected chi connectivity index (χ3v) is 1.66. The second-order valence-corrected chi connectivity index (χ2v) is 4.90. The highest BCUT2D eigenvalue weighted by molar-refractivity contribution is 7.79. The first kappa shape index (κ1) is 9.98. The van der Waals surface area contributed by atoms with Gasteiger partial charge in [0.2, 0.25) is 0 Å². The molecule has 0 aromatic heterocycles. The average molecular weight is 210 g/mol. The van der Waals surface area contributed by atoms with Crippen LogP contribution in [-0.2, 0) is 11.1 Å². The summed E-state index contributed by atoms with van der Waals surface area (Å²) in [5.41, 5.74) is 0. The Morgan fingerprint density at radius 2 is 1.89 bits per heavy atom. The summed E-state index contributed by atoms with van der Waals surface area (Å²) in [5, 5.41) is 0. The monoisotopic (exact) mass is 209 g/mol. The van der Waals surface area contributed by atoms with Crippen LogP contribution in [-0.4, -0.2) is 18.3 Å². The Morgan fingerprint density at radius 1 is 1.44 bits per heavy atom. The van der Waals surface area contributed by atoms with Crippen LogP contribution in [0, 0.1) is 0 Å². The van der Waals surface area contributed by atoms with Gasteiger partial charge in [-0.2, -0.15) is 0 Å². The van der Waals surface area contributed by atoms with Crippen molar-refractivity contribution in [3.8, 4) is 0 Å². The van der Waals surface area contributed by atoms with Gasteiger partial charge in [0, 0.05) is 12.2 Å². The summed E-state index contributed by atoms with van der Waals surface area (Å²) >= 11 is 13.6. The summed E-state index contributed by atoms with van der Waals surface area (Å²) in [6.07, 6.45) is 0.0355. The van der Waals surface area contributed by atoms with E-state index in [2.05, 4.69) is 0 Å². The molecule has 56 valence electrons. The summed E-state index contributed by atoms with van der Waals surface area (Å²) in [7, 11) is 0. The zero-order chi connectivity index (χ0) is 7.49. The maximum atomic E-state index is 9.87. The Morgan fingerprint density at radius 3 is 2.00 bits per heavy atom. The smallest absolute Gasteiger partial charge is 0.191 e. The molecule has 0 saturated carbocycles. The molecule has 0 aliphatic carbocycles. The molecule has 9 heavy (non-hydrogen) atoms. The highest BCUT2D eigenvalue weighted by atomic mass is 35.6. The topological polar surface area (TPSA) is 40.1 Å². The van der Waals surface area contributed by atoms with Crippen LogP contribution in [0.4, 0.5) is 0 Å². The van der Waals surface area contributed by atoms with Gasteiger partial charge in [0.1, 0.15) is 0 Å². The largest absolute Gasteiger partial charge is 0.772 e. The number of hydrogen-bond acceptors (Lipinski definition) is 2. The molecule has 6 heteroatoms. The fourth-order valence-corrected chi connectivity index (χ4v) is 1.29. The van der Waals surface area contributed by atoms with Gasteiger partial charge in [-0.15, -0.1) is 0 Å². The van der Waals surface area contributed by atoms with Crippen molar-refractivity contribution in [1.29, 1.82) is 0 Å². The molecule has 0 spiro atoms. The molecule has 1 unspecified atom stereocenters. The van der Waals surface area contributed by atoms with Crippen molar-refractivity contribution in [2.75, 3.05) is 5.75 Å². The molecular weight excluding hydrogens is 206 g/mol. The van der Waals surface area contributed by atoms with Crippen LogP contribution >= 0.6 is 34.8 Å². The SMILES string of the molecule is O=S([O-])CCC(Cl)(Cl)Cl. The van der Waals surface area contributed by atoms with E-state index in [4.69, 9.17) is 34.8 Å². The first-order valence-corrected chi connectivity index (χ1v) is 4.42. The lowest BCUT2D eigenvalue weighted by Gasteiger charge is -2.10. The van der Waals surface area contributed by atoms with Crippen molar-refractivity contribution in [2.45, 2.75) is 10.2 Å². The van der Waals surface area contributed by atoms with E-state index in [1.165, 1.54) is 0 Å². The predicted molar refractivity (Wildman–Crippen MR) is 38.7 cm³/mol. The zero-order valence-corrected chi connectivity index (χ0v) is 7.36. The minimum absolute atomic E-state index is 0.0355. The normalized spacial score (nSPS) is 15.6. The molecule has 0 aliphatic heterocycles. The van der Waals surface area contributed by atoms with Gasteiger partial charge in [-0.25, -0.2) is 0 Å². The van der Waals surface area contributed by atoms with E-state index in [1.807, 2.05) is 0 Å². The van der Waals surface area contributed by atoms with Crippen LogP contribution in [0.15, 0.2) is 0 Å². The van der Waals surface area contributed by atoms with Gasteiger partial charge >= 0.3 is 0 Å². The highest BCUT2D eigenvalue weighted by Crippen LogP contribution is 2.29. The van der Waals surface area contributed by atoms with Crippen LogP contribution < -0.4 is 0 Å². The molecule has 0 amide bonds. The predicted octanol–water partition coefficient (Wildman–Crippen LogP) is 1.63. The lowest BCUT2D eigenvalue weighted by molar-refractivity contribution is 0.535. The van der Waals surface area contributed by atoms with E-state index >= 15 is 0 Å². The fourth-order valence-electron chi connectivity index (χ4n) is 0.199. The van der Waals surface area contributed by atoms with Gasteiger partial charge in [-0.1, -0.05) is 45.9 Å². The summed E-state index contributed by atoms with van der Waals surface area (Å²) in [6.45, 7) is 0. The molecule has 0 aromatic carbocycles. The van der Waals surface area contributed by atoms with E-state index < -0.39 is 14.9 Å². The fraction of sp³-hybridized carbons (Fsp3) is 1.00. The van der Waals surface area contributed by atoms with Gasteiger partial charge in [0.15, 0.2) is 3.79 Å². The van der Waals surface area contributed by atoms with Crippen molar-refractivity contribution in [1.82, 2.24) is 0 Å². The molecule has 0 aliphatic rings. The van der Waals surface area contributed by atoms with Gasteiger partial charge in [0.25, 0.3) is 0 Å². The van der Waals surface area contributed by atoms with E-state index in [0.29, 0.717) is 0 Å². The molecule has 1 atom stereocenters. The lowest BCUT2D eigenvalue weighted by atomic mass is 10.6. The zero-order valence-electron chi connectivity index (χ0n) is 4.27. The summed E-state index contributed by atoms with van der Waals surface area (Å²) in [4.78, 5) is 0. The summed E-state index contributed by atoms with van der Waals surface area (Å²) in [5.74, 6) is -0.115. The van der Waals surface area contributed by atoms with Crippen LogP contribution in [0.5, 0.6) is 0 Å². The van der Waals surface area contributed by atoms with Gasteiger partial charge in [-0.3, -0.25) is 4.21 Å². The number of halogens is 3. The Bertz CT molecular complexity index is 110. The third kappa shape index (κ3) is 8.98. The van der Waals surface area contributed by atoms with Crippen LogP contribution in [0.3, 0.4) is 0 Å². The molecule has 0 heterocycles. The standard InChI is InChI=1S/C3H5Cl3O2S/c4-3(5,6)1-2-9(7)8/h1-2H2,(H,7,8)/p-1. The van der Waals surface area contributed by atoms with Gasteiger partial charge in [-0.05, 0) is 0 Å². The Hall–Kier alpha value is 0.980. The van der Waals surface area contributed by atoms with Crippen molar-refractivity contribution >= 4 is 45.9 Å². The Kier molecular flexibility index (Phi) is 4.42. The van der Waals surface area contributed by atoms with Crippen molar-refractivity contribution in [3.63, 3.8) is 0 Å². The quantitative estimate of drug-likeness (QED) is 0.513. The van der Waals surface area contributed by atoms with Crippen molar-refractivity contribution in [3.05, 3.63) is 0 Å². The first-order chi connectivity index (χ1) is 3.92. The molecule has 2 nitrogen and oxygen atoms in total. The summed E-state index contributed by atoms with van der Waals surface area (Å²) in [6, 6.07) is 0. The second-order valence-electron chi connectivity index (χ2n) is 1.37. The molecule has 0 bridgehead atoms. The van der Waals surface area contributed by atoms with E-state index in [9.17, 15) is 8.76 Å². The lowest BCUT2D eigenvalue weighted by Crippen LogP contribution is -2.08. The van der Waals surface area contributed by atoms with Crippen LogP contribution in [0.1, 0.15) is 6.42 Å². The van der Waals surface area contributed by atoms with Crippen molar-refractivity contribution in [2.24, 2.45) is 0 Å².